The average molecular weight is 293 g/mol. The first-order valence-electron chi connectivity index (χ1n) is 6.48. The van der Waals surface area contributed by atoms with E-state index in [0.29, 0.717) is 17.6 Å². The number of sulfonamides is 1. The minimum Gasteiger partial charge on any atom is -0.284 e. The van der Waals surface area contributed by atoms with Gasteiger partial charge in [0.05, 0.1) is 11.8 Å². The van der Waals surface area contributed by atoms with Crippen molar-refractivity contribution in [2.24, 2.45) is 0 Å². The zero-order chi connectivity index (χ0) is 14.2. The summed E-state index contributed by atoms with van der Waals surface area (Å²) in [6.45, 7) is 1.60. The second kappa shape index (κ2) is 4.86. The highest BCUT2D eigenvalue weighted by Gasteiger charge is 2.28. The molecular weight excluding hydrogens is 278 g/mol. The highest BCUT2D eigenvalue weighted by atomic mass is 32.2. The van der Waals surface area contributed by atoms with Gasteiger partial charge < -0.3 is 0 Å². The molecule has 7 nitrogen and oxygen atoms in total. The van der Waals surface area contributed by atoms with Crippen molar-refractivity contribution >= 4 is 15.7 Å². The van der Waals surface area contributed by atoms with Crippen LogP contribution >= 0.6 is 0 Å². The maximum atomic E-state index is 11.6. The highest BCUT2D eigenvalue weighted by molar-refractivity contribution is 7.92. The lowest BCUT2D eigenvalue weighted by Crippen LogP contribution is -2.14. The molecule has 1 aromatic heterocycles. The molecule has 106 valence electrons. The van der Waals surface area contributed by atoms with E-state index in [1.165, 1.54) is 0 Å². The van der Waals surface area contributed by atoms with Crippen LogP contribution in [0.25, 0.3) is 11.4 Å². The number of anilines is 1. The van der Waals surface area contributed by atoms with Gasteiger partial charge in [-0.05, 0) is 42.3 Å². The molecule has 8 heteroatoms. The summed E-state index contributed by atoms with van der Waals surface area (Å²) in [5.74, 6) is 0.710. The number of hydrogen-bond donors (Lipinski definition) is 1. The Morgan fingerprint density at radius 3 is 2.90 bits per heavy atom. The van der Waals surface area contributed by atoms with Crippen molar-refractivity contribution < 1.29 is 8.42 Å². The van der Waals surface area contributed by atoms with Crippen LogP contribution in [0, 0.1) is 0 Å². The molecule has 1 fully saturated rings. The molecule has 0 bridgehead atoms. The van der Waals surface area contributed by atoms with Gasteiger partial charge in [0, 0.05) is 11.3 Å². The van der Waals surface area contributed by atoms with Gasteiger partial charge >= 0.3 is 0 Å². The molecule has 1 saturated carbocycles. The minimum atomic E-state index is -3.28. The van der Waals surface area contributed by atoms with Crippen LogP contribution in [0.1, 0.15) is 25.8 Å². The molecule has 0 aliphatic heterocycles. The number of rotatable bonds is 5. The van der Waals surface area contributed by atoms with E-state index in [1.807, 2.05) is 6.07 Å². The Hall–Kier alpha value is -1.96. The summed E-state index contributed by atoms with van der Waals surface area (Å²) in [5, 5.41) is 11.7. The Balaban J connectivity index is 1.93. The van der Waals surface area contributed by atoms with Crippen LogP contribution in [0.2, 0.25) is 0 Å². The van der Waals surface area contributed by atoms with E-state index in [4.69, 9.17) is 0 Å². The monoisotopic (exact) mass is 293 g/mol. The lowest BCUT2D eigenvalue weighted by molar-refractivity contribution is 0.602. The van der Waals surface area contributed by atoms with Crippen LogP contribution in [-0.2, 0) is 10.0 Å². The third-order valence-electron chi connectivity index (χ3n) is 3.16. The van der Waals surface area contributed by atoms with Crippen molar-refractivity contribution in [1.82, 2.24) is 20.2 Å². The topological polar surface area (TPSA) is 89.8 Å². The molecule has 1 N–H and O–H groups in total. The molecule has 0 amide bonds. The van der Waals surface area contributed by atoms with Crippen LogP contribution in [-0.4, -0.2) is 34.4 Å². The third-order valence-corrected chi connectivity index (χ3v) is 4.47. The third kappa shape index (κ3) is 2.64. The van der Waals surface area contributed by atoms with Gasteiger partial charge in [-0.3, -0.25) is 4.72 Å². The van der Waals surface area contributed by atoms with Gasteiger partial charge in [-0.2, -0.15) is 0 Å². The van der Waals surface area contributed by atoms with Crippen LogP contribution < -0.4 is 4.72 Å². The Labute approximate surface area is 117 Å². The molecule has 1 heterocycles. The summed E-state index contributed by atoms with van der Waals surface area (Å²) in [5.41, 5.74) is 1.33. The minimum absolute atomic E-state index is 0.0387. The number of nitrogens with zero attached hydrogens (tertiary/aromatic N) is 4. The van der Waals surface area contributed by atoms with Gasteiger partial charge in [-0.25, -0.2) is 13.1 Å². The van der Waals surface area contributed by atoms with E-state index in [9.17, 15) is 8.42 Å². The summed E-state index contributed by atoms with van der Waals surface area (Å²) in [6, 6.07) is 7.49. The molecule has 20 heavy (non-hydrogen) atoms. The second-order valence-corrected chi connectivity index (χ2v) is 6.78. The summed E-state index contributed by atoms with van der Waals surface area (Å²) < 4.78 is 27.5. The standard InChI is InChI=1S/C12H15N5O2S/c1-2-20(18,19)14-10-5-3-4-9(8-10)12-13-15-16-17(12)11-6-7-11/h3-5,8,11,14H,2,6-7H2,1H3. The van der Waals surface area contributed by atoms with Crippen molar-refractivity contribution in [1.29, 1.82) is 0 Å². The van der Waals surface area contributed by atoms with Crippen LogP contribution in [0.3, 0.4) is 0 Å². The van der Waals surface area contributed by atoms with E-state index in [-0.39, 0.29) is 5.75 Å². The molecule has 0 spiro atoms. The fourth-order valence-corrected chi connectivity index (χ4v) is 2.55. The predicted octanol–water partition coefficient (Wildman–Crippen LogP) is 1.44. The molecule has 3 rings (SSSR count). The first-order chi connectivity index (χ1) is 9.59. The van der Waals surface area contributed by atoms with Gasteiger partial charge in [0.1, 0.15) is 0 Å². The predicted molar refractivity (Wildman–Crippen MR) is 74.6 cm³/mol. The lowest BCUT2D eigenvalue weighted by atomic mass is 10.2. The smallest absolute Gasteiger partial charge is 0.232 e. The van der Waals surface area contributed by atoms with E-state index in [1.54, 1.807) is 29.8 Å². The average Bonchev–Trinajstić information content (AvgIpc) is 3.16. The highest BCUT2D eigenvalue weighted by Crippen LogP contribution is 2.36. The fourth-order valence-electron chi connectivity index (χ4n) is 1.92. The van der Waals surface area contributed by atoms with Crippen molar-refractivity contribution in [3.8, 4) is 11.4 Å². The maximum absolute atomic E-state index is 11.6. The summed E-state index contributed by atoms with van der Waals surface area (Å²) >= 11 is 0. The number of hydrogen-bond acceptors (Lipinski definition) is 5. The molecular formula is C12H15N5O2S. The molecule has 2 aromatic rings. The molecule has 0 atom stereocenters. The van der Waals surface area contributed by atoms with Crippen LogP contribution in [0.5, 0.6) is 0 Å². The van der Waals surface area contributed by atoms with Crippen LogP contribution in [0.4, 0.5) is 5.69 Å². The van der Waals surface area contributed by atoms with Gasteiger partial charge in [0.15, 0.2) is 5.82 Å². The molecule has 1 aliphatic rings. The van der Waals surface area contributed by atoms with Crippen molar-refractivity contribution in [2.75, 3.05) is 10.5 Å². The van der Waals surface area contributed by atoms with Crippen LogP contribution in [0.15, 0.2) is 24.3 Å². The summed E-state index contributed by atoms with van der Waals surface area (Å²) in [6.07, 6.45) is 2.17. The van der Waals surface area contributed by atoms with Crippen molar-refractivity contribution in [3.63, 3.8) is 0 Å². The molecule has 0 saturated heterocycles. The molecule has 0 unspecified atom stereocenters. The Morgan fingerprint density at radius 1 is 1.40 bits per heavy atom. The number of aromatic nitrogens is 4. The molecule has 1 aliphatic carbocycles. The Kier molecular flexibility index (Phi) is 3.17. The van der Waals surface area contributed by atoms with E-state index in [0.717, 1.165) is 18.4 Å². The van der Waals surface area contributed by atoms with Gasteiger partial charge in [-0.15, -0.1) is 5.10 Å². The van der Waals surface area contributed by atoms with Crippen molar-refractivity contribution in [3.05, 3.63) is 24.3 Å². The largest absolute Gasteiger partial charge is 0.284 e. The van der Waals surface area contributed by atoms with E-state index in [2.05, 4.69) is 20.2 Å². The number of nitrogens with one attached hydrogen (secondary N) is 1. The zero-order valence-electron chi connectivity index (χ0n) is 11.0. The fraction of sp³-hybridized carbons (Fsp3) is 0.417. The van der Waals surface area contributed by atoms with E-state index >= 15 is 0 Å². The number of benzene rings is 1. The van der Waals surface area contributed by atoms with Gasteiger partial charge in [0.2, 0.25) is 10.0 Å². The second-order valence-electron chi connectivity index (χ2n) is 4.76. The zero-order valence-corrected chi connectivity index (χ0v) is 11.8. The first kappa shape index (κ1) is 13.0. The van der Waals surface area contributed by atoms with E-state index < -0.39 is 10.0 Å². The van der Waals surface area contributed by atoms with Gasteiger partial charge in [0.25, 0.3) is 0 Å². The summed E-state index contributed by atoms with van der Waals surface area (Å²) in [4.78, 5) is 0. The number of tetrazole rings is 1. The Morgan fingerprint density at radius 2 is 2.20 bits per heavy atom. The Bertz CT molecular complexity index is 721. The summed E-state index contributed by atoms with van der Waals surface area (Å²) in [7, 11) is -3.28. The lowest BCUT2D eigenvalue weighted by Gasteiger charge is -2.08. The molecule has 0 radical (unpaired) electrons. The quantitative estimate of drug-likeness (QED) is 0.900. The van der Waals surface area contributed by atoms with Crippen molar-refractivity contribution in [2.45, 2.75) is 25.8 Å². The maximum Gasteiger partial charge on any atom is 0.232 e. The first-order valence-corrected chi connectivity index (χ1v) is 8.13. The van der Waals surface area contributed by atoms with Gasteiger partial charge in [-0.1, -0.05) is 12.1 Å². The normalized spacial score (nSPS) is 15.2. The molecule has 1 aromatic carbocycles. The SMILES string of the molecule is CCS(=O)(=O)Nc1cccc(-c2nnnn2C2CC2)c1.